The summed E-state index contributed by atoms with van der Waals surface area (Å²) < 4.78 is 11.3. The third-order valence-corrected chi connectivity index (χ3v) is 4.61. The molecular weight excluding hydrogens is 330 g/mol. The Bertz CT molecular complexity index is 946. The number of nitrogen functional groups attached to an aromatic ring is 1. The Labute approximate surface area is 151 Å². The van der Waals surface area contributed by atoms with Crippen LogP contribution in [0.2, 0.25) is 0 Å². The van der Waals surface area contributed by atoms with Gasteiger partial charge in [0.2, 0.25) is 6.10 Å². The molecule has 3 aromatic rings. The molecule has 0 saturated carbocycles. The number of fused-ring (bicyclic) bond motifs is 1. The van der Waals surface area contributed by atoms with E-state index in [4.69, 9.17) is 15.0 Å². The highest BCUT2D eigenvalue weighted by molar-refractivity contribution is 6.00. The number of amides is 1. The Balaban J connectivity index is 1.79. The molecule has 1 aliphatic heterocycles. The summed E-state index contributed by atoms with van der Waals surface area (Å²) in [5.74, 6) is 1.16. The van der Waals surface area contributed by atoms with Crippen LogP contribution in [0.25, 0.3) is 0 Å². The van der Waals surface area contributed by atoms with E-state index < -0.39 is 6.10 Å². The minimum atomic E-state index is -0.717. The predicted molar refractivity (Wildman–Crippen MR) is 97.8 cm³/mol. The lowest BCUT2D eigenvalue weighted by Gasteiger charge is -2.34. The molecule has 0 fully saturated rings. The van der Waals surface area contributed by atoms with Gasteiger partial charge in [0.15, 0.2) is 0 Å². The topological polar surface area (TPSA) is 81.6 Å². The Morgan fingerprint density at radius 3 is 2.62 bits per heavy atom. The number of ether oxygens (including phenoxy) is 1. The quantitative estimate of drug-likeness (QED) is 0.732. The number of nitrogens with two attached hydrogens (primary N) is 1. The van der Waals surface area contributed by atoms with Crippen molar-refractivity contribution in [2.75, 3.05) is 10.6 Å². The van der Waals surface area contributed by atoms with Crippen LogP contribution in [0.3, 0.4) is 0 Å². The van der Waals surface area contributed by atoms with E-state index >= 15 is 0 Å². The molecule has 1 atom stereocenters. The molecule has 6 nitrogen and oxygen atoms in total. The maximum atomic E-state index is 13.2. The van der Waals surface area contributed by atoms with Crippen LogP contribution in [0.1, 0.15) is 28.7 Å². The molecule has 26 heavy (non-hydrogen) atoms. The molecule has 0 aliphatic carbocycles. The molecule has 0 radical (unpaired) electrons. The zero-order chi connectivity index (χ0) is 18.3. The van der Waals surface area contributed by atoms with Gasteiger partial charge in [0, 0.05) is 22.9 Å². The first kappa shape index (κ1) is 16.2. The van der Waals surface area contributed by atoms with Crippen molar-refractivity contribution in [3.63, 3.8) is 0 Å². The van der Waals surface area contributed by atoms with Crippen LogP contribution in [-0.4, -0.2) is 11.1 Å². The highest BCUT2D eigenvalue weighted by atomic mass is 16.5. The van der Waals surface area contributed by atoms with E-state index in [9.17, 15) is 4.79 Å². The summed E-state index contributed by atoms with van der Waals surface area (Å²) in [6, 6.07) is 14.8. The molecule has 2 heterocycles. The molecule has 0 bridgehead atoms. The standard InChI is InChI=1S/C20H19N3O3/c1-12-16(13(2)26-22-12)11-23-17-9-8-15(21)10-18(17)25-19(20(23)24)14-6-4-3-5-7-14/h3-10,19H,11,21H2,1-2H3. The molecule has 1 aliphatic rings. The number of hydrogen-bond acceptors (Lipinski definition) is 5. The molecule has 4 rings (SSSR count). The minimum absolute atomic E-state index is 0.131. The van der Waals surface area contributed by atoms with Gasteiger partial charge >= 0.3 is 0 Å². The lowest BCUT2D eigenvalue weighted by Crippen LogP contribution is -2.40. The molecule has 1 unspecified atom stereocenters. The molecule has 2 N–H and O–H groups in total. The lowest BCUT2D eigenvalue weighted by molar-refractivity contribution is -0.126. The van der Waals surface area contributed by atoms with Gasteiger partial charge in [-0.3, -0.25) is 4.79 Å². The maximum Gasteiger partial charge on any atom is 0.273 e. The zero-order valence-electron chi connectivity index (χ0n) is 14.6. The first-order chi connectivity index (χ1) is 12.5. The number of carbonyl (C=O) groups excluding carboxylic acids is 1. The van der Waals surface area contributed by atoms with Crippen LogP contribution in [0.4, 0.5) is 11.4 Å². The molecule has 132 valence electrons. The van der Waals surface area contributed by atoms with Crippen molar-refractivity contribution < 1.29 is 14.1 Å². The lowest BCUT2D eigenvalue weighted by atomic mass is 10.0. The van der Waals surface area contributed by atoms with Crippen molar-refractivity contribution in [2.24, 2.45) is 0 Å². The van der Waals surface area contributed by atoms with Crippen LogP contribution < -0.4 is 15.4 Å². The summed E-state index contributed by atoms with van der Waals surface area (Å²) in [5.41, 5.74) is 9.67. The van der Waals surface area contributed by atoms with E-state index in [-0.39, 0.29) is 5.91 Å². The summed E-state index contributed by atoms with van der Waals surface area (Å²) in [4.78, 5) is 15.0. The highest BCUT2D eigenvalue weighted by Gasteiger charge is 2.36. The smallest absolute Gasteiger partial charge is 0.273 e. The van der Waals surface area contributed by atoms with Crippen LogP contribution >= 0.6 is 0 Å². The van der Waals surface area contributed by atoms with E-state index in [2.05, 4.69) is 5.16 Å². The Morgan fingerprint density at radius 2 is 1.92 bits per heavy atom. The normalized spacial score (nSPS) is 16.3. The van der Waals surface area contributed by atoms with Gasteiger partial charge in [-0.1, -0.05) is 35.5 Å². The minimum Gasteiger partial charge on any atom is -0.474 e. The van der Waals surface area contributed by atoms with Crippen molar-refractivity contribution >= 4 is 17.3 Å². The van der Waals surface area contributed by atoms with Gasteiger partial charge in [0.05, 0.1) is 17.9 Å². The number of aryl methyl sites for hydroxylation is 2. The fourth-order valence-electron chi connectivity index (χ4n) is 3.17. The van der Waals surface area contributed by atoms with Crippen LogP contribution in [-0.2, 0) is 11.3 Å². The summed E-state index contributed by atoms with van der Waals surface area (Å²) in [6.45, 7) is 4.08. The van der Waals surface area contributed by atoms with Gasteiger partial charge in [0.25, 0.3) is 5.91 Å². The molecule has 1 aromatic heterocycles. The second kappa shape index (κ2) is 6.22. The monoisotopic (exact) mass is 349 g/mol. The van der Waals surface area contributed by atoms with E-state index in [1.54, 1.807) is 17.0 Å². The third-order valence-electron chi connectivity index (χ3n) is 4.61. The average molecular weight is 349 g/mol. The second-order valence-electron chi connectivity index (χ2n) is 6.36. The van der Waals surface area contributed by atoms with E-state index in [0.29, 0.717) is 29.4 Å². The van der Waals surface area contributed by atoms with Crippen LogP contribution in [0, 0.1) is 13.8 Å². The van der Waals surface area contributed by atoms with Gasteiger partial charge in [-0.25, -0.2) is 0 Å². The molecule has 6 heteroatoms. The third kappa shape index (κ3) is 2.69. The first-order valence-corrected chi connectivity index (χ1v) is 8.39. The average Bonchev–Trinajstić information content (AvgIpc) is 2.96. The fraction of sp³-hybridized carbons (Fsp3) is 0.200. The van der Waals surface area contributed by atoms with Crippen molar-refractivity contribution in [2.45, 2.75) is 26.5 Å². The SMILES string of the molecule is Cc1noc(C)c1CN1C(=O)C(c2ccccc2)Oc2cc(N)ccc21. The molecule has 0 saturated heterocycles. The Morgan fingerprint density at radius 1 is 1.15 bits per heavy atom. The van der Waals surface area contributed by atoms with E-state index in [0.717, 1.165) is 16.8 Å². The number of rotatable bonds is 3. The van der Waals surface area contributed by atoms with Crippen molar-refractivity contribution in [3.05, 3.63) is 71.1 Å². The largest absolute Gasteiger partial charge is 0.474 e. The van der Waals surface area contributed by atoms with Crippen molar-refractivity contribution in [3.8, 4) is 5.75 Å². The van der Waals surface area contributed by atoms with Gasteiger partial charge in [-0.05, 0) is 26.0 Å². The number of carbonyl (C=O) groups is 1. The number of aromatic nitrogens is 1. The molecule has 0 spiro atoms. The first-order valence-electron chi connectivity index (χ1n) is 8.39. The number of anilines is 2. The van der Waals surface area contributed by atoms with Crippen LogP contribution in [0.15, 0.2) is 53.1 Å². The summed E-state index contributed by atoms with van der Waals surface area (Å²) in [5, 5.41) is 3.99. The van der Waals surface area contributed by atoms with Crippen LogP contribution in [0.5, 0.6) is 5.75 Å². The summed E-state index contributed by atoms with van der Waals surface area (Å²) >= 11 is 0. The molecule has 1 amide bonds. The van der Waals surface area contributed by atoms with Gasteiger partial charge in [-0.15, -0.1) is 0 Å². The fourth-order valence-corrected chi connectivity index (χ4v) is 3.17. The number of benzene rings is 2. The van der Waals surface area contributed by atoms with Gasteiger partial charge < -0.3 is 19.9 Å². The maximum absolute atomic E-state index is 13.2. The van der Waals surface area contributed by atoms with Gasteiger partial charge in [-0.2, -0.15) is 0 Å². The summed E-state index contributed by atoms with van der Waals surface area (Å²) in [7, 11) is 0. The number of nitrogens with zero attached hydrogens (tertiary/aromatic N) is 2. The second-order valence-corrected chi connectivity index (χ2v) is 6.36. The predicted octanol–water partition coefficient (Wildman–Crippen LogP) is 3.54. The number of hydrogen-bond donors (Lipinski definition) is 1. The Kier molecular flexibility index (Phi) is 3.88. The van der Waals surface area contributed by atoms with Crippen molar-refractivity contribution in [1.82, 2.24) is 5.16 Å². The molecule has 2 aromatic carbocycles. The van der Waals surface area contributed by atoms with E-state index in [1.165, 1.54) is 0 Å². The molecular formula is C20H19N3O3. The summed E-state index contributed by atoms with van der Waals surface area (Å²) in [6.07, 6.45) is -0.717. The van der Waals surface area contributed by atoms with Crippen molar-refractivity contribution in [1.29, 1.82) is 0 Å². The van der Waals surface area contributed by atoms with E-state index in [1.807, 2.05) is 50.2 Å². The zero-order valence-corrected chi connectivity index (χ0v) is 14.6. The Hall–Kier alpha value is -3.28. The van der Waals surface area contributed by atoms with Gasteiger partial charge in [0.1, 0.15) is 11.5 Å². The highest BCUT2D eigenvalue weighted by Crippen LogP contribution is 2.41.